The molecule has 1 fully saturated rings. The summed E-state index contributed by atoms with van der Waals surface area (Å²) in [5, 5.41) is 16.6. The van der Waals surface area contributed by atoms with Crippen LogP contribution in [0.4, 0.5) is 28.9 Å². The highest BCUT2D eigenvalue weighted by Crippen LogP contribution is 2.34. The normalized spacial score (nSPS) is 13.9. The maximum Gasteiger partial charge on any atom is 0.416 e. The van der Waals surface area contributed by atoms with E-state index in [0.29, 0.717) is 6.07 Å². The van der Waals surface area contributed by atoms with Gasteiger partial charge >= 0.3 is 6.18 Å². The number of anilines is 1. The number of alkyl halides is 3. The summed E-state index contributed by atoms with van der Waals surface area (Å²) in [5.74, 6) is -1.48. The molecule has 0 atom stereocenters. The van der Waals surface area contributed by atoms with Crippen molar-refractivity contribution < 1.29 is 27.3 Å². The smallest absolute Gasteiger partial charge is 0.375 e. The van der Waals surface area contributed by atoms with E-state index in [0.717, 1.165) is 31.0 Å². The fourth-order valence-corrected chi connectivity index (χ4v) is 2.63. The molecule has 1 aliphatic carbocycles. The summed E-state index contributed by atoms with van der Waals surface area (Å²) in [6.45, 7) is -0.413. The Balaban J connectivity index is 1.82. The van der Waals surface area contributed by atoms with Crippen LogP contribution in [0.5, 0.6) is 0 Å². The van der Waals surface area contributed by atoms with Crippen molar-refractivity contribution in [3.8, 4) is 0 Å². The van der Waals surface area contributed by atoms with Gasteiger partial charge in [0.05, 0.1) is 10.5 Å². The number of nitro groups is 1. The van der Waals surface area contributed by atoms with Crippen LogP contribution in [0, 0.1) is 15.9 Å². The molecule has 0 aromatic heterocycles. The third kappa shape index (κ3) is 4.56. The van der Waals surface area contributed by atoms with Gasteiger partial charge in [0.15, 0.2) is 0 Å². The summed E-state index contributed by atoms with van der Waals surface area (Å²) in [6, 6.07) is 5.97. The molecule has 0 unspecified atom stereocenters. The van der Waals surface area contributed by atoms with E-state index in [1.165, 1.54) is 12.1 Å². The van der Waals surface area contributed by atoms with Gasteiger partial charge in [-0.2, -0.15) is 13.2 Å². The van der Waals surface area contributed by atoms with Crippen LogP contribution in [0.1, 0.15) is 34.3 Å². The second-order valence-corrected chi connectivity index (χ2v) is 6.39. The minimum Gasteiger partial charge on any atom is -0.375 e. The zero-order valence-corrected chi connectivity index (χ0v) is 14.3. The zero-order chi connectivity index (χ0) is 20.5. The lowest BCUT2D eigenvalue weighted by molar-refractivity contribution is -0.384. The molecule has 0 heterocycles. The standard InChI is InChI=1S/C18H15F4N3O3/c19-12-3-1-11(14(8-12)18(20,21)22)9-23-15-6-2-10(7-16(15)25(27)28)17(26)24-13-4-5-13/h1-3,6-8,13,23H,4-5,9H2,(H,24,26). The zero-order valence-electron chi connectivity index (χ0n) is 14.3. The Morgan fingerprint density at radius 3 is 2.50 bits per heavy atom. The molecule has 0 saturated heterocycles. The van der Waals surface area contributed by atoms with Crippen molar-refractivity contribution in [2.45, 2.75) is 31.6 Å². The van der Waals surface area contributed by atoms with E-state index < -0.39 is 40.6 Å². The SMILES string of the molecule is O=C(NC1CC1)c1ccc(NCc2ccc(F)cc2C(F)(F)F)c([N+](=O)[O-])c1. The minimum atomic E-state index is -4.77. The molecule has 0 radical (unpaired) electrons. The summed E-state index contributed by atoms with van der Waals surface area (Å²) in [4.78, 5) is 22.6. The highest BCUT2D eigenvalue weighted by atomic mass is 19.4. The average Bonchev–Trinajstić information content (AvgIpc) is 3.43. The van der Waals surface area contributed by atoms with Gasteiger partial charge in [-0.1, -0.05) is 6.07 Å². The predicted molar refractivity (Wildman–Crippen MR) is 92.3 cm³/mol. The molecule has 2 aromatic carbocycles. The quantitative estimate of drug-likeness (QED) is 0.433. The number of nitro benzene ring substituents is 1. The van der Waals surface area contributed by atoms with E-state index >= 15 is 0 Å². The summed E-state index contributed by atoms with van der Waals surface area (Å²) in [6.07, 6.45) is -3.06. The lowest BCUT2D eigenvalue weighted by Crippen LogP contribution is -2.25. The Morgan fingerprint density at radius 2 is 1.89 bits per heavy atom. The van der Waals surface area contributed by atoms with Crippen LogP contribution in [0.25, 0.3) is 0 Å². The Bertz CT molecular complexity index is 927. The largest absolute Gasteiger partial charge is 0.416 e. The lowest BCUT2D eigenvalue weighted by Gasteiger charge is -2.14. The van der Waals surface area contributed by atoms with Crippen molar-refractivity contribution >= 4 is 17.3 Å². The highest BCUT2D eigenvalue weighted by Gasteiger charge is 2.33. The number of hydrogen-bond acceptors (Lipinski definition) is 4. The van der Waals surface area contributed by atoms with Gasteiger partial charge in [-0.05, 0) is 42.7 Å². The number of benzene rings is 2. The molecular weight excluding hydrogens is 382 g/mol. The van der Waals surface area contributed by atoms with Crippen molar-refractivity contribution in [1.82, 2.24) is 5.32 Å². The topological polar surface area (TPSA) is 84.3 Å². The van der Waals surface area contributed by atoms with E-state index in [9.17, 15) is 32.5 Å². The van der Waals surface area contributed by atoms with Crippen LogP contribution in [0.2, 0.25) is 0 Å². The summed E-state index contributed by atoms with van der Waals surface area (Å²) >= 11 is 0. The summed E-state index contributed by atoms with van der Waals surface area (Å²) in [7, 11) is 0. The van der Waals surface area contributed by atoms with Crippen molar-refractivity contribution in [2.75, 3.05) is 5.32 Å². The first-order chi connectivity index (χ1) is 13.1. The van der Waals surface area contributed by atoms with Crippen molar-refractivity contribution in [2.24, 2.45) is 0 Å². The lowest BCUT2D eigenvalue weighted by atomic mass is 10.1. The molecule has 28 heavy (non-hydrogen) atoms. The van der Waals surface area contributed by atoms with Crippen LogP contribution >= 0.6 is 0 Å². The summed E-state index contributed by atoms with van der Waals surface area (Å²) < 4.78 is 52.4. The van der Waals surface area contributed by atoms with Gasteiger partial charge in [-0.25, -0.2) is 4.39 Å². The Morgan fingerprint density at radius 1 is 1.18 bits per heavy atom. The number of hydrogen-bond donors (Lipinski definition) is 2. The Labute approximate surface area is 156 Å². The van der Waals surface area contributed by atoms with E-state index in [1.54, 1.807) is 0 Å². The van der Waals surface area contributed by atoms with Gasteiger partial charge in [0.25, 0.3) is 11.6 Å². The second kappa shape index (κ2) is 7.45. The molecule has 1 saturated carbocycles. The first-order valence-electron chi connectivity index (χ1n) is 8.34. The van der Waals surface area contributed by atoms with Crippen LogP contribution < -0.4 is 10.6 Å². The molecular formula is C18H15F4N3O3. The van der Waals surface area contributed by atoms with Gasteiger partial charge in [0.1, 0.15) is 11.5 Å². The Kier molecular flexibility index (Phi) is 5.21. The van der Waals surface area contributed by atoms with Gasteiger partial charge in [-0.15, -0.1) is 0 Å². The molecule has 2 aromatic rings. The number of rotatable bonds is 6. The van der Waals surface area contributed by atoms with Crippen molar-refractivity contribution in [1.29, 1.82) is 0 Å². The third-order valence-electron chi connectivity index (χ3n) is 4.22. The summed E-state index contributed by atoms with van der Waals surface area (Å²) in [5.41, 5.74) is -1.84. The number of halogens is 4. The fourth-order valence-electron chi connectivity index (χ4n) is 2.63. The van der Waals surface area contributed by atoms with Gasteiger partial charge in [0.2, 0.25) is 0 Å². The Hall–Kier alpha value is -3.17. The van der Waals surface area contributed by atoms with Crippen LogP contribution in [-0.4, -0.2) is 16.9 Å². The molecule has 10 heteroatoms. The monoisotopic (exact) mass is 397 g/mol. The number of nitrogens with one attached hydrogen (secondary N) is 2. The molecule has 1 amide bonds. The molecule has 1 aliphatic rings. The van der Waals surface area contributed by atoms with Crippen LogP contribution in [0.3, 0.4) is 0 Å². The van der Waals surface area contributed by atoms with E-state index in [2.05, 4.69) is 10.6 Å². The maximum absolute atomic E-state index is 13.2. The molecule has 0 aliphatic heterocycles. The van der Waals surface area contributed by atoms with E-state index in [-0.39, 0.29) is 22.9 Å². The molecule has 3 rings (SSSR count). The van der Waals surface area contributed by atoms with Crippen LogP contribution in [-0.2, 0) is 12.7 Å². The van der Waals surface area contributed by atoms with Gasteiger partial charge < -0.3 is 10.6 Å². The van der Waals surface area contributed by atoms with Crippen molar-refractivity contribution in [3.05, 3.63) is 69.0 Å². The van der Waals surface area contributed by atoms with Crippen LogP contribution in [0.15, 0.2) is 36.4 Å². The van der Waals surface area contributed by atoms with Gasteiger partial charge in [0, 0.05) is 24.2 Å². The fraction of sp³-hybridized carbons (Fsp3) is 0.278. The number of carbonyl (C=O) groups is 1. The molecule has 2 N–H and O–H groups in total. The molecule has 6 nitrogen and oxygen atoms in total. The third-order valence-corrected chi connectivity index (χ3v) is 4.22. The first-order valence-corrected chi connectivity index (χ1v) is 8.34. The number of carbonyl (C=O) groups excluding carboxylic acids is 1. The van der Waals surface area contributed by atoms with Crippen molar-refractivity contribution in [3.63, 3.8) is 0 Å². The highest BCUT2D eigenvalue weighted by molar-refractivity contribution is 5.96. The van der Waals surface area contributed by atoms with E-state index in [1.807, 2.05) is 0 Å². The predicted octanol–water partition coefficient (Wildman–Crippen LogP) is 4.26. The second-order valence-electron chi connectivity index (χ2n) is 6.39. The number of nitrogens with zero attached hydrogens (tertiary/aromatic N) is 1. The first kappa shape index (κ1) is 19.6. The molecule has 0 spiro atoms. The van der Waals surface area contributed by atoms with Gasteiger partial charge in [-0.3, -0.25) is 14.9 Å². The average molecular weight is 397 g/mol. The molecule has 148 valence electrons. The number of amides is 1. The minimum absolute atomic E-state index is 0.0505. The molecule has 0 bridgehead atoms. The van der Waals surface area contributed by atoms with E-state index in [4.69, 9.17) is 0 Å². The maximum atomic E-state index is 13.2.